The van der Waals surface area contributed by atoms with Crippen LogP contribution in [0.4, 0.5) is 0 Å². The summed E-state index contributed by atoms with van der Waals surface area (Å²) in [5.41, 5.74) is 0.669. The number of nitrogens with zero attached hydrogens (tertiary/aromatic N) is 5. The van der Waals surface area contributed by atoms with Gasteiger partial charge in [0, 0.05) is 52.3 Å². The molecule has 0 N–H and O–H groups in total. The SMILES string of the molecule is COCCCN(C[C@@H]1CCCN2CCCC[C@@H]12)C(=O)c1cnn(C)c1-n1cccc1. The predicted molar refractivity (Wildman–Crippen MR) is 117 cm³/mol. The van der Waals surface area contributed by atoms with Crippen LogP contribution < -0.4 is 0 Å². The molecule has 2 aliphatic rings. The second-order valence-corrected chi connectivity index (χ2v) is 8.69. The van der Waals surface area contributed by atoms with Gasteiger partial charge in [-0.2, -0.15) is 5.10 Å². The Bertz CT molecular complexity index is 814. The Hall–Kier alpha value is -2.12. The molecule has 0 radical (unpaired) electrons. The van der Waals surface area contributed by atoms with Crippen LogP contribution in [-0.2, 0) is 11.8 Å². The summed E-state index contributed by atoms with van der Waals surface area (Å²) in [6.07, 6.45) is 12.8. The number of fused-ring (bicyclic) bond motifs is 1. The Morgan fingerprint density at radius 1 is 1.20 bits per heavy atom. The fourth-order valence-electron chi connectivity index (χ4n) is 5.28. The van der Waals surface area contributed by atoms with Gasteiger partial charge < -0.3 is 19.1 Å². The first-order valence-corrected chi connectivity index (χ1v) is 11.4. The third-order valence-corrected chi connectivity index (χ3v) is 6.73. The quantitative estimate of drug-likeness (QED) is 0.625. The maximum atomic E-state index is 13.7. The van der Waals surface area contributed by atoms with Crippen LogP contribution in [-0.4, -0.2) is 76.0 Å². The minimum atomic E-state index is 0.0795. The number of methoxy groups -OCH3 is 1. The number of aryl methyl sites for hydroxylation is 1. The highest BCUT2D eigenvalue weighted by molar-refractivity contribution is 5.97. The van der Waals surface area contributed by atoms with Crippen LogP contribution in [0, 0.1) is 5.92 Å². The van der Waals surface area contributed by atoms with E-state index >= 15 is 0 Å². The lowest BCUT2D eigenvalue weighted by molar-refractivity contribution is 0.0347. The number of hydrogen-bond donors (Lipinski definition) is 0. The van der Waals surface area contributed by atoms with Gasteiger partial charge in [-0.3, -0.25) is 9.48 Å². The van der Waals surface area contributed by atoms with Crippen LogP contribution in [0.3, 0.4) is 0 Å². The highest BCUT2D eigenvalue weighted by Crippen LogP contribution is 2.32. The van der Waals surface area contributed by atoms with Gasteiger partial charge in [0.25, 0.3) is 5.91 Å². The van der Waals surface area contributed by atoms with Gasteiger partial charge in [-0.1, -0.05) is 6.42 Å². The summed E-state index contributed by atoms with van der Waals surface area (Å²) in [6, 6.07) is 4.57. The molecule has 0 bridgehead atoms. The molecule has 0 saturated carbocycles. The summed E-state index contributed by atoms with van der Waals surface area (Å²) in [5.74, 6) is 1.46. The zero-order valence-electron chi connectivity index (χ0n) is 18.4. The lowest BCUT2D eigenvalue weighted by Crippen LogP contribution is -2.51. The van der Waals surface area contributed by atoms with Crippen molar-refractivity contribution >= 4 is 5.91 Å². The molecule has 1 amide bonds. The molecule has 2 aliphatic heterocycles. The van der Waals surface area contributed by atoms with Crippen LogP contribution >= 0.6 is 0 Å². The molecule has 30 heavy (non-hydrogen) atoms. The van der Waals surface area contributed by atoms with Crippen molar-refractivity contribution in [3.63, 3.8) is 0 Å². The van der Waals surface area contributed by atoms with Crippen molar-refractivity contribution in [2.45, 2.75) is 44.6 Å². The van der Waals surface area contributed by atoms with Crippen molar-refractivity contribution in [1.29, 1.82) is 0 Å². The minimum Gasteiger partial charge on any atom is -0.385 e. The molecular weight excluding hydrogens is 378 g/mol. The first kappa shape index (κ1) is 21.1. The monoisotopic (exact) mass is 413 g/mol. The lowest BCUT2D eigenvalue weighted by Gasteiger charge is -2.45. The van der Waals surface area contributed by atoms with Crippen LogP contribution in [0.5, 0.6) is 0 Å². The van der Waals surface area contributed by atoms with E-state index < -0.39 is 0 Å². The largest absolute Gasteiger partial charge is 0.385 e. The van der Waals surface area contributed by atoms with Gasteiger partial charge in [0.2, 0.25) is 0 Å². The van der Waals surface area contributed by atoms with Crippen molar-refractivity contribution in [3.8, 4) is 5.82 Å². The second-order valence-electron chi connectivity index (χ2n) is 8.69. The number of amides is 1. The molecule has 0 aromatic carbocycles. The molecule has 2 aromatic rings. The molecule has 2 fully saturated rings. The van der Waals surface area contributed by atoms with Crippen LogP contribution in [0.15, 0.2) is 30.7 Å². The van der Waals surface area contributed by atoms with Crippen LogP contribution in [0.25, 0.3) is 5.82 Å². The normalized spacial score (nSPS) is 22.1. The Morgan fingerprint density at radius 3 is 2.80 bits per heavy atom. The zero-order chi connectivity index (χ0) is 20.9. The molecule has 2 aromatic heterocycles. The fourth-order valence-corrected chi connectivity index (χ4v) is 5.28. The molecule has 7 nitrogen and oxygen atoms in total. The molecule has 7 heteroatoms. The van der Waals surface area contributed by atoms with E-state index in [4.69, 9.17) is 4.74 Å². The highest BCUT2D eigenvalue weighted by Gasteiger charge is 2.35. The van der Waals surface area contributed by atoms with Gasteiger partial charge in [0.15, 0.2) is 0 Å². The Balaban J connectivity index is 1.56. The van der Waals surface area contributed by atoms with E-state index in [1.165, 1.54) is 45.2 Å². The van der Waals surface area contributed by atoms with Crippen molar-refractivity contribution in [2.24, 2.45) is 13.0 Å². The Kier molecular flexibility index (Phi) is 6.89. The van der Waals surface area contributed by atoms with Crippen molar-refractivity contribution in [3.05, 3.63) is 36.3 Å². The van der Waals surface area contributed by atoms with E-state index in [0.717, 1.165) is 25.3 Å². The fraction of sp³-hybridized carbons (Fsp3) is 0.652. The second kappa shape index (κ2) is 9.79. The Morgan fingerprint density at radius 2 is 2.00 bits per heavy atom. The van der Waals surface area contributed by atoms with Crippen molar-refractivity contribution in [2.75, 3.05) is 39.9 Å². The minimum absolute atomic E-state index is 0.0795. The average molecular weight is 414 g/mol. The molecule has 2 saturated heterocycles. The number of carbonyl (C=O) groups excluding carboxylic acids is 1. The van der Waals surface area contributed by atoms with Crippen molar-refractivity contribution < 1.29 is 9.53 Å². The van der Waals surface area contributed by atoms with Crippen molar-refractivity contribution in [1.82, 2.24) is 24.1 Å². The number of piperidine rings is 2. The number of rotatable bonds is 8. The molecule has 0 unspecified atom stereocenters. The third-order valence-electron chi connectivity index (χ3n) is 6.73. The van der Waals surface area contributed by atoms with Crippen LogP contribution in [0.1, 0.15) is 48.9 Å². The molecule has 164 valence electrons. The number of ether oxygens (including phenoxy) is 1. The summed E-state index contributed by atoms with van der Waals surface area (Å²) in [4.78, 5) is 18.4. The lowest BCUT2D eigenvalue weighted by atomic mass is 9.83. The summed E-state index contributed by atoms with van der Waals surface area (Å²) >= 11 is 0. The first-order valence-electron chi connectivity index (χ1n) is 11.4. The standard InChI is InChI=1S/C23H35N5O2/c1-25-22(27-12-5-6-13-27)20(17-24-25)23(29)28(15-8-16-30-2)18-19-9-7-14-26-11-4-3-10-21(19)26/h5-6,12-13,17,19,21H,3-4,7-11,14-16,18H2,1-2H3/t19-,21-/m0/s1. The van der Waals surface area contributed by atoms with E-state index in [9.17, 15) is 4.79 Å². The van der Waals surface area contributed by atoms with E-state index in [1.54, 1.807) is 18.0 Å². The van der Waals surface area contributed by atoms with Gasteiger partial charge >= 0.3 is 0 Å². The van der Waals surface area contributed by atoms with E-state index in [-0.39, 0.29) is 5.91 Å². The average Bonchev–Trinajstić information content (AvgIpc) is 3.42. The molecular formula is C23H35N5O2. The first-order chi connectivity index (χ1) is 14.7. The van der Waals surface area contributed by atoms with Gasteiger partial charge in [-0.25, -0.2) is 0 Å². The number of carbonyl (C=O) groups is 1. The summed E-state index contributed by atoms with van der Waals surface area (Å²) in [5, 5.41) is 4.40. The smallest absolute Gasteiger partial charge is 0.259 e. The van der Waals surface area contributed by atoms with E-state index in [2.05, 4.69) is 14.9 Å². The summed E-state index contributed by atoms with van der Waals surface area (Å²) in [7, 11) is 3.61. The van der Waals surface area contributed by atoms with E-state index in [0.29, 0.717) is 24.1 Å². The third kappa shape index (κ3) is 4.47. The highest BCUT2D eigenvalue weighted by atomic mass is 16.5. The van der Waals surface area contributed by atoms with Crippen LogP contribution in [0.2, 0.25) is 0 Å². The molecule has 0 aliphatic carbocycles. The van der Waals surface area contributed by atoms with Gasteiger partial charge in [0.05, 0.1) is 6.20 Å². The molecule has 4 rings (SSSR count). The zero-order valence-corrected chi connectivity index (χ0v) is 18.4. The Labute approximate surface area is 179 Å². The molecule has 4 heterocycles. The topological polar surface area (TPSA) is 55.5 Å². The predicted octanol–water partition coefficient (Wildman–Crippen LogP) is 2.95. The van der Waals surface area contributed by atoms with Gasteiger partial charge in [0.1, 0.15) is 11.4 Å². The number of aromatic nitrogens is 3. The molecule has 2 atom stereocenters. The van der Waals surface area contributed by atoms with E-state index in [1.807, 2.05) is 36.1 Å². The molecule has 0 spiro atoms. The van der Waals surface area contributed by atoms with Gasteiger partial charge in [-0.05, 0) is 63.2 Å². The van der Waals surface area contributed by atoms with Gasteiger partial charge in [-0.15, -0.1) is 0 Å². The maximum Gasteiger partial charge on any atom is 0.259 e. The summed E-state index contributed by atoms with van der Waals surface area (Å²) in [6.45, 7) is 4.65. The summed E-state index contributed by atoms with van der Waals surface area (Å²) < 4.78 is 9.02. The maximum absolute atomic E-state index is 13.7. The number of hydrogen-bond acceptors (Lipinski definition) is 4.